The summed E-state index contributed by atoms with van der Waals surface area (Å²) in [4.78, 5) is 12.2. The van der Waals surface area contributed by atoms with Crippen molar-refractivity contribution in [1.29, 1.82) is 0 Å². The topological polar surface area (TPSA) is 63.7 Å². The predicted octanol–water partition coefficient (Wildman–Crippen LogP) is 4.12. The van der Waals surface area contributed by atoms with Gasteiger partial charge in [-0.15, -0.1) is 0 Å². The molecule has 0 saturated heterocycles. The molecule has 0 amide bonds. The SMILES string of the molecule is CN(C)S(=O)(=O)c1ccc(Cl)c(C(=O)Oc2cc(Cl)ccc2Cl)c1. The predicted molar refractivity (Wildman–Crippen MR) is 93.7 cm³/mol. The number of ether oxygens (including phenoxy) is 1. The van der Waals surface area contributed by atoms with Gasteiger partial charge in [0.25, 0.3) is 0 Å². The molecule has 0 bridgehead atoms. The highest BCUT2D eigenvalue weighted by Gasteiger charge is 2.22. The molecule has 0 atom stereocenters. The van der Waals surface area contributed by atoms with E-state index < -0.39 is 16.0 Å². The molecule has 2 rings (SSSR count). The second-order valence-corrected chi connectivity index (χ2v) is 8.30. The molecule has 2 aromatic carbocycles. The summed E-state index contributed by atoms with van der Waals surface area (Å²) >= 11 is 17.8. The van der Waals surface area contributed by atoms with Crippen LogP contribution in [-0.4, -0.2) is 32.8 Å². The summed E-state index contributed by atoms with van der Waals surface area (Å²) in [5.41, 5.74) is -0.101. The highest BCUT2D eigenvalue weighted by molar-refractivity contribution is 7.89. The quantitative estimate of drug-likeness (QED) is 0.564. The number of sulfonamides is 1. The Kier molecular flexibility index (Phi) is 5.78. The molecule has 0 radical (unpaired) electrons. The number of esters is 1. The van der Waals surface area contributed by atoms with Gasteiger partial charge in [-0.05, 0) is 30.3 Å². The third-order valence-electron chi connectivity index (χ3n) is 3.03. The van der Waals surface area contributed by atoms with Crippen LogP contribution in [0, 0.1) is 0 Å². The van der Waals surface area contributed by atoms with E-state index in [4.69, 9.17) is 39.5 Å². The highest BCUT2D eigenvalue weighted by atomic mass is 35.5. The van der Waals surface area contributed by atoms with Crippen molar-refractivity contribution in [3.05, 3.63) is 57.0 Å². The average molecular weight is 409 g/mol. The molecular formula is C15H12Cl3NO4S. The third kappa shape index (κ3) is 4.02. The van der Waals surface area contributed by atoms with E-state index in [0.29, 0.717) is 5.02 Å². The van der Waals surface area contributed by atoms with E-state index in [1.165, 1.54) is 38.4 Å². The van der Waals surface area contributed by atoms with Crippen molar-refractivity contribution in [2.75, 3.05) is 14.1 Å². The van der Waals surface area contributed by atoms with Crippen molar-refractivity contribution in [3.8, 4) is 5.75 Å². The molecule has 0 fully saturated rings. The van der Waals surface area contributed by atoms with Gasteiger partial charge in [0.15, 0.2) is 5.75 Å². The maximum absolute atomic E-state index is 12.3. The molecular weight excluding hydrogens is 397 g/mol. The number of nitrogens with zero attached hydrogens (tertiary/aromatic N) is 1. The number of benzene rings is 2. The molecule has 0 aromatic heterocycles. The molecule has 0 heterocycles. The van der Waals surface area contributed by atoms with Crippen molar-refractivity contribution in [3.63, 3.8) is 0 Å². The second kappa shape index (κ2) is 7.29. The number of carbonyl (C=O) groups excluding carboxylic acids is 1. The van der Waals surface area contributed by atoms with Gasteiger partial charge in [0.2, 0.25) is 10.0 Å². The Balaban J connectivity index is 2.41. The van der Waals surface area contributed by atoms with Gasteiger partial charge in [0.05, 0.1) is 20.5 Å². The van der Waals surface area contributed by atoms with E-state index in [1.807, 2.05) is 0 Å². The van der Waals surface area contributed by atoms with E-state index in [9.17, 15) is 13.2 Å². The number of hydrogen-bond acceptors (Lipinski definition) is 4. The summed E-state index contributed by atoms with van der Waals surface area (Å²) in [7, 11) is -0.952. The van der Waals surface area contributed by atoms with E-state index in [1.54, 1.807) is 6.07 Å². The Labute approximate surface area is 154 Å². The van der Waals surface area contributed by atoms with Crippen molar-refractivity contribution >= 4 is 50.8 Å². The molecule has 24 heavy (non-hydrogen) atoms. The van der Waals surface area contributed by atoms with Crippen molar-refractivity contribution in [2.24, 2.45) is 0 Å². The Bertz CT molecular complexity index is 898. The van der Waals surface area contributed by atoms with Crippen LogP contribution in [0.25, 0.3) is 0 Å². The Hall–Kier alpha value is -1.31. The van der Waals surface area contributed by atoms with E-state index in [-0.39, 0.29) is 26.3 Å². The van der Waals surface area contributed by atoms with Gasteiger partial charge in [0.1, 0.15) is 0 Å². The molecule has 0 N–H and O–H groups in total. The molecule has 128 valence electrons. The van der Waals surface area contributed by atoms with Crippen LogP contribution in [0.15, 0.2) is 41.3 Å². The minimum atomic E-state index is -3.72. The molecule has 0 unspecified atom stereocenters. The highest BCUT2D eigenvalue weighted by Crippen LogP contribution is 2.30. The van der Waals surface area contributed by atoms with Gasteiger partial charge in [-0.3, -0.25) is 0 Å². The third-order valence-corrected chi connectivity index (χ3v) is 5.72. The molecule has 0 saturated carbocycles. The molecule has 0 aliphatic carbocycles. The fourth-order valence-electron chi connectivity index (χ4n) is 1.74. The molecule has 9 heteroatoms. The van der Waals surface area contributed by atoms with Gasteiger partial charge >= 0.3 is 5.97 Å². The maximum Gasteiger partial charge on any atom is 0.345 e. The van der Waals surface area contributed by atoms with Gasteiger partial charge < -0.3 is 4.74 Å². The second-order valence-electron chi connectivity index (χ2n) is 4.89. The summed E-state index contributed by atoms with van der Waals surface area (Å²) < 4.78 is 30.5. The first kappa shape index (κ1) is 19.0. The van der Waals surface area contributed by atoms with Crippen molar-refractivity contribution in [2.45, 2.75) is 4.90 Å². The molecule has 0 spiro atoms. The van der Waals surface area contributed by atoms with Gasteiger partial charge in [0, 0.05) is 25.2 Å². The largest absolute Gasteiger partial charge is 0.421 e. The standard InChI is InChI=1S/C15H12Cl3NO4S/c1-19(2)24(21,22)10-4-6-12(17)11(8-10)15(20)23-14-7-9(16)3-5-13(14)18/h3-8H,1-2H3. The van der Waals surface area contributed by atoms with Crippen LogP contribution < -0.4 is 4.74 Å². The molecule has 0 aliphatic rings. The number of rotatable bonds is 4. The van der Waals surface area contributed by atoms with Crippen molar-refractivity contribution in [1.82, 2.24) is 4.31 Å². The first-order chi connectivity index (χ1) is 11.1. The zero-order chi connectivity index (χ0) is 18.1. The lowest BCUT2D eigenvalue weighted by atomic mass is 10.2. The van der Waals surface area contributed by atoms with Crippen LogP contribution in [0.1, 0.15) is 10.4 Å². The first-order valence-corrected chi connectivity index (χ1v) is 9.09. The van der Waals surface area contributed by atoms with E-state index in [0.717, 1.165) is 10.4 Å². The summed E-state index contributed by atoms with van der Waals surface area (Å²) in [6, 6.07) is 8.16. The lowest BCUT2D eigenvalue weighted by molar-refractivity contribution is 0.0735. The molecule has 5 nitrogen and oxygen atoms in total. The fraction of sp³-hybridized carbons (Fsp3) is 0.133. The monoisotopic (exact) mass is 407 g/mol. The summed E-state index contributed by atoms with van der Waals surface area (Å²) in [5, 5.41) is 0.564. The number of hydrogen-bond donors (Lipinski definition) is 0. The smallest absolute Gasteiger partial charge is 0.345 e. The lowest BCUT2D eigenvalue weighted by Gasteiger charge is -2.13. The number of carbonyl (C=O) groups is 1. The van der Waals surface area contributed by atoms with Crippen LogP contribution >= 0.6 is 34.8 Å². The van der Waals surface area contributed by atoms with Gasteiger partial charge in [-0.25, -0.2) is 17.5 Å². The average Bonchev–Trinajstić information content (AvgIpc) is 2.50. The van der Waals surface area contributed by atoms with Crippen LogP contribution in [0.3, 0.4) is 0 Å². The van der Waals surface area contributed by atoms with Crippen LogP contribution in [0.5, 0.6) is 5.75 Å². The number of halogens is 3. The normalized spacial score (nSPS) is 11.6. The van der Waals surface area contributed by atoms with Gasteiger partial charge in [-0.2, -0.15) is 0 Å². The first-order valence-electron chi connectivity index (χ1n) is 6.52. The van der Waals surface area contributed by atoms with E-state index >= 15 is 0 Å². The van der Waals surface area contributed by atoms with Crippen molar-refractivity contribution < 1.29 is 17.9 Å². The lowest BCUT2D eigenvalue weighted by Crippen LogP contribution is -2.22. The minimum absolute atomic E-state index is 0.0473. The molecule has 0 aliphatic heterocycles. The molecule has 2 aromatic rings. The Morgan fingerprint density at radius 3 is 2.25 bits per heavy atom. The van der Waals surface area contributed by atoms with Crippen LogP contribution in [0.4, 0.5) is 0 Å². The fourth-order valence-corrected chi connectivity index (χ4v) is 3.18. The summed E-state index contributed by atoms with van der Waals surface area (Å²) in [6.07, 6.45) is 0. The van der Waals surface area contributed by atoms with E-state index in [2.05, 4.69) is 0 Å². The van der Waals surface area contributed by atoms with Gasteiger partial charge in [-0.1, -0.05) is 34.8 Å². The zero-order valence-electron chi connectivity index (χ0n) is 12.6. The van der Waals surface area contributed by atoms with Crippen LogP contribution in [-0.2, 0) is 10.0 Å². The summed E-state index contributed by atoms with van der Waals surface area (Å²) in [5.74, 6) is -0.800. The zero-order valence-corrected chi connectivity index (χ0v) is 15.7. The van der Waals surface area contributed by atoms with Crippen LogP contribution in [0.2, 0.25) is 15.1 Å². The maximum atomic E-state index is 12.3. The Morgan fingerprint density at radius 1 is 1.00 bits per heavy atom. The summed E-state index contributed by atoms with van der Waals surface area (Å²) in [6.45, 7) is 0. The minimum Gasteiger partial charge on any atom is -0.421 e. The Morgan fingerprint density at radius 2 is 1.62 bits per heavy atom.